The summed E-state index contributed by atoms with van der Waals surface area (Å²) < 4.78 is 0. The van der Waals surface area contributed by atoms with E-state index in [1.165, 1.54) is 77.3 Å². The molecule has 0 saturated heterocycles. The zero-order valence-electron chi connectivity index (χ0n) is 11.6. The van der Waals surface area contributed by atoms with Crippen molar-refractivity contribution in [2.75, 3.05) is 13.1 Å². The third kappa shape index (κ3) is 4.26. The van der Waals surface area contributed by atoms with Crippen LogP contribution in [0.3, 0.4) is 0 Å². The van der Waals surface area contributed by atoms with Crippen LogP contribution in [0, 0.1) is 0 Å². The molecule has 0 spiro atoms. The van der Waals surface area contributed by atoms with Crippen molar-refractivity contribution in [3.05, 3.63) is 0 Å². The van der Waals surface area contributed by atoms with Gasteiger partial charge in [-0.3, -0.25) is 0 Å². The van der Waals surface area contributed by atoms with Gasteiger partial charge >= 0.3 is 0 Å². The SMILES string of the molecule is CCCCN(CCC1(N)CCCCC1)C1CC1. The van der Waals surface area contributed by atoms with Gasteiger partial charge in [-0.05, 0) is 45.1 Å². The van der Waals surface area contributed by atoms with Crippen LogP contribution >= 0.6 is 0 Å². The van der Waals surface area contributed by atoms with Gasteiger partial charge in [0.1, 0.15) is 0 Å². The normalized spacial score (nSPS) is 24.2. The zero-order chi connectivity index (χ0) is 12.1. The monoisotopic (exact) mass is 238 g/mol. The first-order chi connectivity index (χ1) is 8.23. The number of unbranched alkanes of at least 4 members (excludes halogenated alkanes) is 1. The van der Waals surface area contributed by atoms with E-state index >= 15 is 0 Å². The van der Waals surface area contributed by atoms with Crippen LogP contribution in [-0.2, 0) is 0 Å². The second-order valence-electron chi connectivity index (χ2n) is 6.29. The Bertz CT molecular complexity index is 217. The highest BCUT2D eigenvalue weighted by molar-refractivity contribution is 4.91. The van der Waals surface area contributed by atoms with E-state index in [2.05, 4.69) is 11.8 Å². The van der Waals surface area contributed by atoms with E-state index < -0.39 is 0 Å². The standard InChI is InChI=1S/C15H30N2/c1-2-3-12-17(14-7-8-14)13-11-15(16)9-5-4-6-10-15/h14H,2-13,16H2,1H3. The average molecular weight is 238 g/mol. The minimum atomic E-state index is 0.178. The molecular weight excluding hydrogens is 208 g/mol. The number of hydrogen-bond acceptors (Lipinski definition) is 2. The van der Waals surface area contributed by atoms with Crippen LogP contribution in [0.2, 0.25) is 0 Å². The van der Waals surface area contributed by atoms with Crippen LogP contribution in [-0.4, -0.2) is 29.6 Å². The van der Waals surface area contributed by atoms with E-state index in [0.717, 1.165) is 6.04 Å². The van der Waals surface area contributed by atoms with E-state index in [4.69, 9.17) is 5.73 Å². The lowest BCUT2D eigenvalue weighted by Crippen LogP contribution is -2.45. The molecule has 0 unspecified atom stereocenters. The van der Waals surface area contributed by atoms with Crippen molar-refractivity contribution in [2.24, 2.45) is 5.73 Å². The molecule has 2 heteroatoms. The minimum Gasteiger partial charge on any atom is -0.325 e. The van der Waals surface area contributed by atoms with Gasteiger partial charge in [0.05, 0.1) is 0 Å². The quantitative estimate of drug-likeness (QED) is 0.737. The number of hydrogen-bond donors (Lipinski definition) is 1. The average Bonchev–Trinajstić information content (AvgIpc) is 3.14. The molecule has 100 valence electrons. The summed E-state index contributed by atoms with van der Waals surface area (Å²) in [4.78, 5) is 2.71. The van der Waals surface area contributed by atoms with Gasteiger partial charge in [-0.25, -0.2) is 0 Å². The second kappa shape index (κ2) is 6.19. The lowest BCUT2D eigenvalue weighted by atomic mass is 9.80. The summed E-state index contributed by atoms with van der Waals surface area (Å²) in [5.41, 5.74) is 6.71. The van der Waals surface area contributed by atoms with Gasteiger partial charge in [0.15, 0.2) is 0 Å². The van der Waals surface area contributed by atoms with Crippen LogP contribution in [0.1, 0.15) is 71.1 Å². The summed E-state index contributed by atoms with van der Waals surface area (Å²) in [5.74, 6) is 0. The zero-order valence-corrected chi connectivity index (χ0v) is 11.6. The Hall–Kier alpha value is -0.0800. The summed E-state index contributed by atoms with van der Waals surface area (Å²) in [6.07, 6.45) is 13.4. The first-order valence-corrected chi connectivity index (χ1v) is 7.76. The van der Waals surface area contributed by atoms with Gasteiger partial charge < -0.3 is 10.6 Å². The maximum atomic E-state index is 6.53. The first-order valence-electron chi connectivity index (χ1n) is 7.76. The molecule has 2 N–H and O–H groups in total. The summed E-state index contributed by atoms with van der Waals surface area (Å²) >= 11 is 0. The number of nitrogens with zero attached hydrogens (tertiary/aromatic N) is 1. The van der Waals surface area contributed by atoms with Crippen LogP contribution in [0.4, 0.5) is 0 Å². The maximum absolute atomic E-state index is 6.53. The van der Waals surface area contributed by atoms with Gasteiger partial charge in [0.2, 0.25) is 0 Å². The Kier molecular flexibility index (Phi) is 4.87. The van der Waals surface area contributed by atoms with E-state index in [9.17, 15) is 0 Å². The Labute approximate surface area is 107 Å². The second-order valence-corrected chi connectivity index (χ2v) is 6.29. The molecule has 0 bridgehead atoms. The highest BCUT2D eigenvalue weighted by atomic mass is 15.2. The van der Waals surface area contributed by atoms with Gasteiger partial charge in [-0.2, -0.15) is 0 Å². The van der Waals surface area contributed by atoms with Crippen molar-refractivity contribution in [2.45, 2.75) is 82.7 Å². The van der Waals surface area contributed by atoms with Crippen molar-refractivity contribution in [3.8, 4) is 0 Å². The molecule has 2 fully saturated rings. The van der Waals surface area contributed by atoms with Crippen LogP contribution in [0.25, 0.3) is 0 Å². The molecule has 2 aliphatic carbocycles. The highest BCUT2D eigenvalue weighted by Gasteiger charge is 2.32. The Morgan fingerprint density at radius 2 is 1.82 bits per heavy atom. The summed E-state index contributed by atoms with van der Waals surface area (Å²) in [5, 5.41) is 0. The molecule has 17 heavy (non-hydrogen) atoms. The first kappa shape index (κ1) is 13.4. The van der Waals surface area contributed by atoms with Gasteiger partial charge in [0.25, 0.3) is 0 Å². The number of rotatable bonds is 7. The Morgan fingerprint density at radius 1 is 1.12 bits per heavy atom. The van der Waals surface area contributed by atoms with Crippen molar-refractivity contribution >= 4 is 0 Å². The third-order valence-corrected chi connectivity index (χ3v) is 4.61. The molecule has 0 aliphatic heterocycles. The topological polar surface area (TPSA) is 29.3 Å². The van der Waals surface area contributed by atoms with E-state index in [1.807, 2.05) is 0 Å². The summed E-state index contributed by atoms with van der Waals surface area (Å²) in [6.45, 7) is 4.84. The van der Waals surface area contributed by atoms with E-state index in [1.54, 1.807) is 0 Å². The third-order valence-electron chi connectivity index (χ3n) is 4.61. The largest absolute Gasteiger partial charge is 0.325 e. The molecule has 2 rings (SSSR count). The predicted molar refractivity (Wildman–Crippen MR) is 74.1 cm³/mol. The van der Waals surface area contributed by atoms with Crippen molar-refractivity contribution < 1.29 is 0 Å². The lowest BCUT2D eigenvalue weighted by molar-refractivity contribution is 0.199. The molecule has 0 heterocycles. The van der Waals surface area contributed by atoms with E-state index in [0.29, 0.717) is 0 Å². The van der Waals surface area contributed by atoms with Gasteiger partial charge in [-0.15, -0.1) is 0 Å². The molecule has 0 atom stereocenters. The lowest BCUT2D eigenvalue weighted by Gasteiger charge is -2.35. The molecule has 0 radical (unpaired) electrons. The fourth-order valence-electron chi connectivity index (χ4n) is 3.15. The smallest absolute Gasteiger partial charge is 0.0166 e. The molecule has 2 nitrogen and oxygen atoms in total. The molecule has 0 aromatic heterocycles. The summed E-state index contributed by atoms with van der Waals surface area (Å²) in [6, 6.07) is 0.911. The molecule has 2 saturated carbocycles. The molecule has 0 aromatic rings. The highest BCUT2D eigenvalue weighted by Crippen LogP contribution is 2.31. The molecule has 0 aromatic carbocycles. The van der Waals surface area contributed by atoms with E-state index in [-0.39, 0.29) is 5.54 Å². The fraction of sp³-hybridized carbons (Fsp3) is 1.00. The van der Waals surface area contributed by atoms with Crippen LogP contribution < -0.4 is 5.73 Å². The van der Waals surface area contributed by atoms with Crippen molar-refractivity contribution in [3.63, 3.8) is 0 Å². The molecule has 0 amide bonds. The minimum absolute atomic E-state index is 0.178. The van der Waals surface area contributed by atoms with Gasteiger partial charge in [-0.1, -0.05) is 32.6 Å². The molecule has 2 aliphatic rings. The summed E-state index contributed by atoms with van der Waals surface area (Å²) in [7, 11) is 0. The molecular formula is C15H30N2. The number of nitrogens with two attached hydrogens (primary N) is 1. The Balaban J connectivity index is 1.73. The Morgan fingerprint density at radius 3 is 2.41 bits per heavy atom. The van der Waals surface area contributed by atoms with Gasteiger partial charge in [0, 0.05) is 18.1 Å². The predicted octanol–water partition coefficient (Wildman–Crippen LogP) is 3.30. The van der Waals surface area contributed by atoms with Crippen molar-refractivity contribution in [1.82, 2.24) is 4.90 Å². The van der Waals surface area contributed by atoms with Crippen molar-refractivity contribution in [1.29, 1.82) is 0 Å². The van der Waals surface area contributed by atoms with Crippen LogP contribution in [0.5, 0.6) is 0 Å². The maximum Gasteiger partial charge on any atom is 0.0166 e. The van der Waals surface area contributed by atoms with Crippen LogP contribution in [0.15, 0.2) is 0 Å². The fourth-order valence-corrected chi connectivity index (χ4v) is 3.15.